The highest BCUT2D eigenvalue weighted by atomic mass is 79.9. The van der Waals surface area contributed by atoms with Gasteiger partial charge in [-0.05, 0) is 66.6 Å². The minimum absolute atomic E-state index is 0.369. The zero-order chi connectivity index (χ0) is 25.7. The number of hydrogen-bond acceptors (Lipinski definition) is 11. The van der Waals surface area contributed by atoms with E-state index in [2.05, 4.69) is 69.3 Å². The summed E-state index contributed by atoms with van der Waals surface area (Å²) in [5.41, 5.74) is 2.04. The first-order valence-corrected chi connectivity index (χ1v) is 14.4. The monoisotopic (exact) mass is 596 g/mol. The molecule has 2 aliphatic heterocycles. The number of nitrogens with one attached hydrogen (secondary N) is 3. The Balaban J connectivity index is 1.19. The second-order valence-electron chi connectivity index (χ2n) is 9.36. The van der Waals surface area contributed by atoms with Crippen molar-refractivity contribution in [3.8, 4) is 16.4 Å². The lowest BCUT2D eigenvalue weighted by Gasteiger charge is -2.27. The van der Waals surface area contributed by atoms with Crippen molar-refractivity contribution in [3.05, 3.63) is 52.6 Å². The van der Waals surface area contributed by atoms with E-state index in [4.69, 9.17) is 9.72 Å². The number of morpholine rings is 1. The smallest absolute Gasteiger partial charge is 0.216 e. The molecular weight excluding hydrogens is 568 g/mol. The van der Waals surface area contributed by atoms with E-state index in [1.54, 1.807) is 6.20 Å². The second kappa shape index (κ2) is 11.8. The number of halogens is 1. The molecule has 0 radical (unpaired) electrons. The fourth-order valence-electron chi connectivity index (χ4n) is 4.56. The van der Waals surface area contributed by atoms with Gasteiger partial charge in [-0.25, -0.2) is 9.97 Å². The van der Waals surface area contributed by atoms with Crippen molar-refractivity contribution in [2.24, 2.45) is 0 Å². The summed E-state index contributed by atoms with van der Waals surface area (Å²) < 4.78 is 6.52. The number of aromatic nitrogens is 6. The molecule has 0 amide bonds. The van der Waals surface area contributed by atoms with Gasteiger partial charge in [0.2, 0.25) is 5.82 Å². The van der Waals surface area contributed by atoms with Crippen molar-refractivity contribution >= 4 is 44.0 Å². The van der Waals surface area contributed by atoms with E-state index in [1.165, 1.54) is 28.1 Å². The highest BCUT2D eigenvalue weighted by Gasteiger charge is 2.17. The number of piperidine rings is 1. The molecule has 2 fully saturated rings. The van der Waals surface area contributed by atoms with Gasteiger partial charge in [0.05, 0.1) is 30.0 Å². The van der Waals surface area contributed by atoms with E-state index in [0.29, 0.717) is 11.9 Å². The van der Waals surface area contributed by atoms with Crippen molar-refractivity contribution in [1.82, 2.24) is 40.4 Å². The number of nitrogens with zero attached hydrogens (tertiary/aromatic N) is 7. The third kappa shape index (κ3) is 6.35. The molecule has 1 atom stereocenters. The van der Waals surface area contributed by atoms with Gasteiger partial charge in [-0.3, -0.25) is 4.90 Å². The summed E-state index contributed by atoms with van der Waals surface area (Å²) in [6.07, 6.45) is 4.06. The number of pyridine rings is 1. The highest BCUT2D eigenvalue weighted by molar-refractivity contribution is 9.10. The SMILES string of the molecule is Brc1ccc(-n2nnc(-c3cnc(Nc4cc(CN5CCOCC5)cc(N[C@H]5CCCNC5)n4)s3)n2)cc1. The van der Waals surface area contributed by atoms with Crippen molar-refractivity contribution in [1.29, 1.82) is 0 Å². The van der Waals surface area contributed by atoms with Crippen LogP contribution in [0.4, 0.5) is 16.8 Å². The molecule has 13 heteroatoms. The second-order valence-corrected chi connectivity index (χ2v) is 11.3. The van der Waals surface area contributed by atoms with Gasteiger partial charge in [0, 0.05) is 36.7 Å². The summed E-state index contributed by atoms with van der Waals surface area (Å²) in [6.45, 7) is 6.29. The Labute approximate surface area is 233 Å². The van der Waals surface area contributed by atoms with Crippen LogP contribution in [0.25, 0.3) is 16.4 Å². The van der Waals surface area contributed by atoms with Gasteiger partial charge in [-0.15, -0.1) is 15.0 Å². The fraction of sp³-hybridized carbons (Fsp3) is 0.400. The molecule has 5 heterocycles. The first-order chi connectivity index (χ1) is 18.7. The average Bonchev–Trinajstić information content (AvgIpc) is 3.60. The Kier molecular flexibility index (Phi) is 7.88. The Bertz CT molecular complexity index is 1310. The molecule has 1 aromatic carbocycles. The van der Waals surface area contributed by atoms with Crippen LogP contribution in [-0.4, -0.2) is 80.5 Å². The number of ether oxygens (including phenoxy) is 1. The van der Waals surface area contributed by atoms with E-state index in [-0.39, 0.29) is 0 Å². The molecule has 0 bridgehead atoms. The summed E-state index contributed by atoms with van der Waals surface area (Å²) in [4.78, 5) is 14.2. The maximum absolute atomic E-state index is 5.52. The molecule has 0 unspecified atom stereocenters. The Hall–Kier alpha value is -2.97. The molecule has 0 spiro atoms. The Morgan fingerprint density at radius 1 is 1.13 bits per heavy atom. The minimum Gasteiger partial charge on any atom is -0.379 e. The maximum Gasteiger partial charge on any atom is 0.216 e. The van der Waals surface area contributed by atoms with Gasteiger partial charge in [0.1, 0.15) is 11.6 Å². The molecule has 11 nitrogen and oxygen atoms in total. The molecule has 198 valence electrons. The highest BCUT2D eigenvalue weighted by Crippen LogP contribution is 2.29. The molecule has 6 rings (SSSR count). The molecule has 2 saturated heterocycles. The predicted molar refractivity (Wildman–Crippen MR) is 151 cm³/mol. The first-order valence-electron chi connectivity index (χ1n) is 12.8. The van der Waals surface area contributed by atoms with Crippen LogP contribution >= 0.6 is 27.3 Å². The number of thiazole rings is 1. The summed E-state index contributed by atoms with van der Waals surface area (Å²) in [5.74, 6) is 2.16. The number of tetrazole rings is 1. The molecule has 3 aromatic heterocycles. The lowest BCUT2D eigenvalue weighted by atomic mass is 10.1. The van der Waals surface area contributed by atoms with Crippen LogP contribution in [0.1, 0.15) is 18.4 Å². The van der Waals surface area contributed by atoms with Crippen LogP contribution in [0.5, 0.6) is 0 Å². The van der Waals surface area contributed by atoms with Crippen LogP contribution < -0.4 is 16.0 Å². The third-order valence-corrected chi connectivity index (χ3v) is 7.91. The zero-order valence-corrected chi connectivity index (χ0v) is 23.2. The normalized spacial score (nSPS) is 18.4. The molecule has 0 aliphatic carbocycles. The number of rotatable bonds is 8. The number of benzene rings is 1. The fourth-order valence-corrected chi connectivity index (χ4v) is 5.57. The molecule has 38 heavy (non-hydrogen) atoms. The number of hydrogen-bond donors (Lipinski definition) is 3. The molecule has 4 aromatic rings. The quantitative estimate of drug-likeness (QED) is 0.278. The average molecular weight is 598 g/mol. The maximum atomic E-state index is 5.52. The summed E-state index contributed by atoms with van der Waals surface area (Å²) in [5, 5.41) is 24.2. The number of anilines is 3. The van der Waals surface area contributed by atoms with Crippen molar-refractivity contribution in [2.45, 2.75) is 25.4 Å². The van der Waals surface area contributed by atoms with Gasteiger partial charge in [0.15, 0.2) is 5.13 Å². The molecule has 2 aliphatic rings. The summed E-state index contributed by atoms with van der Waals surface area (Å²) >= 11 is 4.92. The lowest BCUT2D eigenvalue weighted by molar-refractivity contribution is 0.0342. The van der Waals surface area contributed by atoms with Crippen molar-refractivity contribution in [2.75, 3.05) is 50.0 Å². The van der Waals surface area contributed by atoms with E-state index in [1.807, 2.05) is 24.3 Å². The van der Waals surface area contributed by atoms with Gasteiger partial charge in [0.25, 0.3) is 0 Å². The first kappa shape index (κ1) is 25.3. The Morgan fingerprint density at radius 3 is 2.79 bits per heavy atom. The van der Waals surface area contributed by atoms with E-state index in [0.717, 1.165) is 84.2 Å². The Morgan fingerprint density at radius 2 is 1.97 bits per heavy atom. The predicted octanol–water partition coefficient (Wildman–Crippen LogP) is 3.68. The topological polar surface area (TPSA) is 118 Å². The molecular formula is C25H29BrN10OS. The van der Waals surface area contributed by atoms with Gasteiger partial charge in [-0.1, -0.05) is 27.3 Å². The summed E-state index contributed by atoms with van der Waals surface area (Å²) in [7, 11) is 0. The zero-order valence-electron chi connectivity index (χ0n) is 20.8. The van der Waals surface area contributed by atoms with Crippen molar-refractivity contribution in [3.63, 3.8) is 0 Å². The van der Waals surface area contributed by atoms with E-state index >= 15 is 0 Å². The standard InChI is InChI=1S/C25H29BrN10OS/c26-18-3-5-20(6-4-18)36-33-24(32-34-36)21-15-28-25(38-21)31-23-13-17(16-35-8-10-37-11-9-35)12-22(30-23)29-19-2-1-7-27-14-19/h3-6,12-13,15,19,27H,1-2,7-11,14,16H2,(H2,28,29,30,31)/t19-/m0/s1. The largest absolute Gasteiger partial charge is 0.379 e. The molecule has 0 saturated carbocycles. The lowest BCUT2D eigenvalue weighted by Crippen LogP contribution is -2.38. The van der Waals surface area contributed by atoms with Crippen LogP contribution in [0.2, 0.25) is 0 Å². The van der Waals surface area contributed by atoms with Gasteiger partial charge in [-0.2, -0.15) is 0 Å². The van der Waals surface area contributed by atoms with Crippen LogP contribution in [0, 0.1) is 0 Å². The third-order valence-electron chi connectivity index (χ3n) is 6.48. The minimum atomic E-state index is 0.369. The van der Waals surface area contributed by atoms with Crippen LogP contribution in [0.15, 0.2) is 47.1 Å². The van der Waals surface area contributed by atoms with E-state index in [9.17, 15) is 0 Å². The van der Waals surface area contributed by atoms with Crippen molar-refractivity contribution < 1.29 is 4.74 Å². The van der Waals surface area contributed by atoms with Crippen LogP contribution in [-0.2, 0) is 11.3 Å². The summed E-state index contributed by atoms with van der Waals surface area (Å²) in [6, 6.07) is 12.4. The molecule has 3 N–H and O–H groups in total. The van der Waals surface area contributed by atoms with Crippen LogP contribution in [0.3, 0.4) is 0 Å². The van der Waals surface area contributed by atoms with Gasteiger partial charge >= 0.3 is 0 Å². The van der Waals surface area contributed by atoms with Gasteiger partial charge < -0.3 is 20.7 Å². The van der Waals surface area contributed by atoms with E-state index < -0.39 is 0 Å².